The molecule has 0 aliphatic heterocycles. The van der Waals surface area contributed by atoms with Crippen LogP contribution in [0.3, 0.4) is 0 Å². The number of carboxylic acid groups (broad SMARTS) is 1. The van der Waals surface area contributed by atoms with Crippen molar-refractivity contribution >= 4 is 21.7 Å². The normalized spacial score (nSPS) is 11.1. The van der Waals surface area contributed by atoms with E-state index in [4.69, 9.17) is 10.2 Å². The smallest absolute Gasteiger partial charge is 0.305 e. The van der Waals surface area contributed by atoms with Crippen LogP contribution in [0.5, 0.6) is 0 Å². The fraction of sp³-hybridized carbons (Fsp3) is 0.308. The highest BCUT2D eigenvalue weighted by Crippen LogP contribution is 2.18. The summed E-state index contributed by atoms with van der Waals surface area (Å²) in [7, 11) is -3.72. The number of sulfonamides is 1. The third kappa shape index (κ3) is 5.02. The lowest BCUT2D eigenvalue weighted by atomic mass is 10.2. The molecular formula is C13H18N2O4S. The third-order valence-electron chi connectivity index (χ3n) is 2.59. The zero-order valence-corrected chi connectivity index (χ0v) is 12.1. The summed E-state index contributed by atoms with van der Waals surface area (Å²) in [5, 5.41) is 13.8. The fourth-order valence-corrected chi connectivity index (χ4v) is 2.22. The number of nitrogens with zero attached hydrogens (tertiary/aromatic N) is 1. The Hall–Kier alpha value is -1.86. The van der Waals surface area contributed by atoms with Crippen molar-refractivity contribution in [1.29, 1.82) is 0 Å². The van der Waals surface area contributed by atoms with Crippen molar-refractivity contribution in [1.82, 2.24) is 0 Å². The lowest BCUT2D eigenvalue weighted by Gasteiger charge is -2.24. The highest BCUT2D eigenvalue weighted by molar-refractivity contribution is 7.89. The quantitative estimate of drug-likeness (QED) is 0.736. The molecule has 0 atom stereocenters. The van der Waals surface area contributed by atoms with Crippen LogP contribution in [-0.2, 0) is 14.8 Å². The van der Waals surface area contributed by atoms with E-state index in [0.717, 1.165) is 11.3 Å². The largest absolute Gasteiger partial charge is 0.481 e. The van der Waals surface area contributed by atoms with Crippen LogP contribution in [0.25, 0.3) is 0 Å². The Kier molecular flexibility index (Phi) is 5.29. The average Bonchev–Trinajstić information content (AvgIpc) is 2.33. The highest BCUT2D eigenvalue weighted by Gasteiger charge is 2.11. The van der Waals surface area contributed by atoms with Gasteiger partial charge in [-0.15, -0.1) is 0 Å². The Bertz CT molecular complexity index is 593. The van der Waals surface area contributed by atoms with Gasteiger partial charge in [0.15, 0.2) is 0 Å². The van der Waals surface area contributed by atoms with Crippen LogP contribution in [0.1, 0.15) is 13.3 Å². The number of primary sulfonamides is 1. The van der Waals surface area contributed by atoms with Gasteiger partial charge < -0.3 is 10.0 Å². The summed E-state index contributed by atoms with van der Waals surface area (Å²) in [6.45, 7) is 6.46. The molecule has 7 heteroatoms. The first-order valence-electron chi connectivity index (χ1n) is 5.94. The second-order valence-corrected chi connectivity index (χ2v) is 6.12. The van der Waals surface area contributed by atoms with Gasteiger partial charge in [-0.05, 0) is 31.2 Å². The predicted molar refractivity (Wildman–Crippen MR) is 77.1 cm³/mol. The van der Waals surface area contributed by atoms with Crippen LogP contribution in [0.4, 0.5) is 5.69 Å². The van der Waals surface area contributed by atoms with Crippen LogP contribution < -0.4 is 10.0 Å². The molecule has 0 saturated heterocycles. The van der Waals surface area contributed by atoms with Gasteiger partial charge in [-0.2, -0.15) is 0 Å². The molecular weight excluding hydrogens is 280 g/mol. The molecule has 0 radical (unpaired) electrons. The molecule has 110 valence electrons. The van der Waals surface area contributed by atoms with E-state index in [1.54, 1.807) is 12.1 Å². The van der Waals surface area contributed by atoms with Gasteiger partial charge in [0, 0.05) is 18.8 Å². The number of nitrogens with two attached hydrogens (primary N) is 1. The lowest BCUT2D eigenvalue weighted by Crippen LogP contribution is -2.27. The number of rotatable bonds is 7. The van der Waals surface area contributed by atoms with Crippen LogP contribution >= 0.6 is 0 Å². The molecule has 6 nitrogen and oxygen atoms in total. The van der Waals surface area contributed by atoms with Gasteiger partial charge >= 0.3 is 5.97 Å². The predicted octanol–water partition coefficient (Wildman–Crippen LogP) is 1.19. The summed E-state index contributed by atoms with van der Waals surface area (Å²) in [6, 6.07) is 6.00. The Balaban J connectivity index is 2.95. The fourth-order valence-electron chi connectivity index (χ4n) is 1.70. The van der Waals surface area contributed by atoms with Gasteiger partial charge in [0.1, 0.15) is 0 Å². The number of benzene rings is 1. The van der Waals surface area contributed by atoms with E-state index in [-0.39, 0.29) is 11.3 Å². The molecule has 0 aromatic heterocycles. The standard InChI is InChI=1S/C13H18N2O4S/c1-10(2)9-15(8-7-13(16)17)11-3-5-12(6-4-11)20(14,18)19/h3-6H,1,7-9H2,2H3,(H,16,17)(H2,14,18,19). The van der Waals surface area contributed by atoms with E-state index in [2.05, 4.69) is 6.58 Å². The molecule has 0 heterocycles. The maximum atomic E-state index is 11.2. The van der Waals surface area contributed by atoms with E-state index < -0.39 is 16.0 Å². The molecule has 1 aromatic rings. The molecule has 3 N–H and O–H groups in total. The molecule has 0 aliphatic rings. The molecule has 20 heavy (non-hydrogen) atoms. The number of anilines is 1. The van der Waals surface area contributed by atoms with Crippen molar-refractivity contribution < 1.29 is 18.3 Å². The van der Waals surface area contributed by atoms with E-state index in [1.807, 2.05) is 11.8 Å². The van der Waals surface area contributed by atoms with Crippen molar-refractivity contribution in [3.05, 3.63) is 36.4 Å². The summed E-state index contributed by atoms with van der Waals surface area (Å²) < 4.78 is 22.4. The number of aliphatic carboxylic acids is 1. The number of hydrogen-bond acceptors (Lipinski definition) is 4. The minimum Gasteiger partial charge on any atom is -0.481 e. The molecule has 0 fully saturated rings. The zero-order chi connectivity index (χ0) is 15.3. The Morgan fingerprint density at radius 2 is 1.90 bits per heavy atom. The van der Waals surface area contributed by atoms with Crippen molar-refractivity contribution in [3.8, 4) is 0 Å². The van der Waals surface area contributed by atoms with Gasteiger partial charge in [0.05, 0.1) is 11.3 Å². The molecule has 0 saturated carbocycles. The minimum atomic E-state index is -3.72. The molecule has 1 rings (SSSR count). The van der Waals surface area contributed by atoms with Crippen LogP contribution in [0, 0.1) is 0 Å². The first-order valence-corrected chi connectivity index (χ1v) is 7.49. The third-order valence-corrected chi connectivity index (χ3v) is 3.52. The summed E-state index contributed by atoms with van der Waals surface area (Å²) in [4.78, 5) is 12.5. The molecule has 0 spiro atoms. The molecule has 1 aromatic carbocycles. The summed E-state index contributed by atoms with van der Waals surface area (Å²) in [5.41, 5.74) is 1.60. The van der Waals surface area contributed by atoms with Crippen molar-refractivity contribution in [2.45, 2.75) is 18.2 Å². The minimum absolute atomic E-state index is 0.00970. The van der Waals surface area contributed by atoms with Crippen LogP contribution in [0.15, 0.2) is 41.3 Å². The second kappa shape index (κ2) is 6.53. The SMILES string of the molecule is C=C(C)CN(CCC(=O)O)c1ccc(S(N)(=O)=O)cc1. The van der Waals surface area contributed by atoms with Crippen molar-refractivity contribution in [2.24, 2.45) is 5.14 Å². The zero-order valence-electron chi connectivity index (χ0n) is 11.2. The summed E-state index contributed by atoms with van der Waals surface area (Å²) >= 11 is 0. The Labute approximate surface area is 118 Å². The van der Waals surface area contributed by atoms with Crippen LogP contribution in [-0.4, -0.2) is 32.6 Å². The first kappa shape index (κ1) is 16.2. The number of carbonyl (C=O) groups is 1. The van der Waals surface area contributed by atoms with Crippen LogP contribution in [0.2, 0.25) is 0 Å². The van der Waals surface area contributed by atoms with E-state index in [1.165, 1.54) is 12.1 Å². The molecule has 0 unspecified atom stereocenters. The maximum Gasteiger partial charge on any atom is 0.305 e. The summed E-state index contributed by atoms with van der Waals surface area (Å²) in [6.07, 6.45) is -0.00970. The van der Waals surface area contributed by atoms with E-state index in [0.29, 0.717) is 13.1 Å². The second-order valence-electron chi connectivity index (χ2n) is 4.56. The Morgan fingerprint density at radius 1 is 1.35 bits per heavy atom. The summed E-state index contributed by atoms with van der Waals surface area (Å²) in [5.74, 6) is -0.891. The molecule has 0 amide bonds. The topological polar surface area (TPSA) is 101 Å². The lowest BCUT2D eigenvalue weighted by molar-refractivity contribution is -0.136. The van der Waals surface area contributed by atoms with Gasteiger partial charge in [-0.3, -0.25) is 4.79 Å². The van der Waals surface area contributed by atoms with Gasteiger partial charge in [-0.1, -0.05) is 12.2 Å². The average molecular weight is 298 g/mol. The van der Waals surface area contributed by atoms with Gasteiger partial charge in [0.2, 0.25) is 10.0 Å². The molecule has 0 aliphatic carbocycles. The van der Waals surface area contributed by atoms with Gasteiger partial charge in [0.25, 0.3) is 0 Å². The van der Waals surface area contributed by atoms with Crippen molar-refractivity contribution in [3.63, 3.8) is 0 Å². The van der Waals surface area contributed by atoms with Gasteiger partial charge in [-0.25, -0.2) is 13.6 Å². The molecule has 0 bridgehead atoms. The number of hydrogen-bond donors (Lipinski definition) is 2. The Morgan fingerprint density at radius 3 is 2.30 bits per heavy atom. The first-order chi connectivity index (χ1) is 9.20. The van der Waals surface area contributed by atoms with E-state index >= 15 is 0 Å². The maximum absolute atomic E-state index is 11.2. The van der Waals surface area contributed by atoms with E-state index in [9.17, 15) is 13.2 Å². The monoisotopic (exact) mass is 298 g/mol. The van der Waals surface area contributed by atoms with Crippen molar-refractivity contribution in [2.75, 3.05) is 18.0 Å². The highest BCUT2D eigenvalue weighted by atomic mass is 32.2. The number of carboxylic acids is 1.